The minimum atomic E-state index is -4.36. The third-order valence-corrected chi connectivity index (χ3v) is 10.0. The van der Waals surface area contributed by atoms with Crippen LogP contribution in [0.3, 0.4) is 0 Å². The van der Waals surface area contributed by atoms with Crippen LogP contribution in [-0.2, 0) is 14.6 Å². The zero-order chi connectivity index (χ0) is 19.6. The molecule has 0 amide bonds. The first-order chi connectivity index (χ1) is 12.5. The van der Waals surface area contributed by atoms with E-state index in [1.54, 1.807) is 0 Å². The van der Waals surface area contributed by atoms with Crippen molar-refractivity contribution in [2.75, 3.05) is 0 Å². The molecule has 0 spiro atoms. The average Bonchev–Trinajstić information content (AvgIpc) is 2.91. The first-order valence-corrected chi connectivity index (χ1v) is 12.2. The topological polar surface area (TPSA) is 83.8 Å². The van der Waals surface area contributed by atoms with Gasteiger partial charge in [-0.25, -0.2) is 4.18 Å². The maximum Gasteiger partial charge on any atom is 0.397 e. The van der Waals surface area contributed by atoms with E-state index in [0.717, 1.165) is 37.5 Å². The van der Waals surface area contributed by atoms with Gasteiger partial charge in [0.2, 0.25) is 0 Å². The highest BCUT2D eigenvalue weighted by Crippen LogP contribution is 2.67. The van der Waals surface area contributed by atoms with Crippen LogP contribution in [-0.4, -0.2) is 30.3 Å². The van der Waals surface area contributed by atoms with Gasteiger partial charge >= 0.3 is 10.4 Å². The maximum absolute atomic E-state index is 11.1. The van der Waals surface area contributed by atoms with Gasteiger partial charge in [0.1, 0.15) is 0 Å². The molecule has 4 rings (SSSR count). The predicted molar refractivity (Wildman–Crippen MR) is 103 cm³/mol. The highest BCUT2D eigenvalue weighted by Gasteiger charge is 2.60. The zero-order valence-corrected chi connectivity index (χ0v) is 17.7. The summed E-state index contributed by atoms with van der Waals surface area (Å²) in [5, 5.41) is 10.3. The standard InChI is InChI=1S/C21H36O5S/c1-13(22)17-6-7-18-16-5-4-14-12-15(26-27(23,24)25)8-10-20(14,2)19(16)9-11-21(17,18)3/h13-19,22H,4-12H2,1-3H3,(H,23,24,25)/t13?,14?,15?,16-,17+,18-,19-,20-,21+/m0/s1. The minimum Gasteiger partial charge on any atom is -0.393 e. The number of hydrogen-bond acceptors (Lipinski definition) is 4. The van der Waals surface area contributed by atoms with Crippen LogP contribution in [0.15, 0.2) is 0 Å². The van der Waals surface area contributed by atoms with Crippen molar-refractivity contribution in [3.05, 3.63) is 0 Å². The molecule has 3 unspecified atom stereocenters. The smallest absolute Gasteiger partial charge is 0.393 e. The van der Waals surface area contributed by atoms with Crippen LogP contribution in [0.5, 0.6) is 0 Å². The van der Waals surface area contributed by atoms with Crippen LogP contribution in [0.4, 0.5) is 0 Å². The molecule has 0 aromatic heterocycles. The van der Waals surface area contributed by atoms with Crippen LogP contribution >= 0.6 is 0 Å². The predicted octanol–water partition coefficient (Wildman–Crippen LogP) is 4.21. The van der Waals surface area contributed by atoms with Crippen molar-refractivity contribution in [3.8, 4) is 0 Å². The second-order valence-electron chi connectivity index (χ2n) is 10.5. The SMILES string of the molecule is CC(O)[C@H]1CC[C@H]2[C@@H]3CCC4CC(OS(=O)(=O)O)CC[C@]4(C)[C@H]3CC[C@]12C. The second kappa shape index (κ2) is 6.68. The van der Waals surface area contributed by atoms with Gasteiger partial charge in [0.25, 0.3) is 0 Å². The van der Waals surface area contributed by atoms with Crippen molar-refractivity contribution in [1.82, 2.24) is 0 Å². The lowest BCUT2D eigenvalue weighted by molar-refractivity contribution is -0.130. The van der Waals surface area contributed by atoms with E-state index >= 15 is 0 Å². The van der Waals surface area contributed by atoms with E-state index in [1.807, 2.05) is 6.92 Å². The van der Waals surface area contributed by atoms with Crippen molar-refractivity contribution in [2.24, 2.45) is 40.4 Å². The Morgan fingerprint density at radius 1 is 0.963 bits per heavy atom. The summed E-state index contributed by atoms with van der Waals surface area (Å²) in [6.07, 6.45) is 9.08. The number of fused-ring (bicyclic) bond motifs is 5. The molecule has 0 bridgehead atoms. The molecule has 0 aliphatic heterocycles. The zero-order valence-electron chi connectivity index (χ0n) is 16.9. The number of hydrogen-bond donors (Lipinski definition) is 2. The lowest BCUT2D eigenvalue weighted by Crippen LogP contribution is -2.54. The van der Waals surface area contributed by atoms with E-state index in [-0.39, 0.29) is 23.0 Å². The molecule has 4 fully saturated rings. The molecule has 4 aliphatic carbocycles. The van der Waals surface area contributed by atoms with Crippen LogP contribution in [0.25, 0.3) is 0 Å². The lowest BCUT2D eigenvalue weighted by Gasteiger charge is -2.61. The summed E-state index contributed by atoms with van der Waals surface area (Å²) in [6.45, 7) is 6.84. The largest absolute Gasteiger partial charge is 0.397 e. The van der Waals surface area contributed by atoms with E-state index in [0.29, 0.717) is 24.2 Å². The molecule has 27 heavy (non-hydrogen) atoms. The highest BCUT2D eigenvalue weighted by molar-refractivity contribution is 7.80. The van der Waals surface area contributed by atoms with E-state index < -0.39 is 10.4 Å². The number of aliphatic hydroxyl groups is 1. The monoisotopic (exact) mass is 400 g/mol. The van der Waals surface area contributed by atoms with E-state index in [9.17, 15) is 13.5 Å². The fourth-order valence-corrected chi connectivity index (χ4v) is 8.83. The van der Waals surface area contributed by atoms with Crippen molar-refractivity contribution < 1.29 is 22.3 Å². The first-order valence-electron chi connectivity index (χ1n) is 10.9. The molecule has 0 heterocycles. The molecule has 9 atom stereocenters. The Hall–Kier alpha value is -0.170. The van der Waals surface area contributed by atoms with Crippen LogP contribution < -0.4 is 0 Å². The second-order valence-corrected chi connectivity index (χ2v) is 11.6. The maximum atomic E-state index is 11.1. The van der Waals surface area contributed by atoms with Crippen LogP contribution in [0, 0.1) is 40.4 Å². The van der Waals surface area contributed by atoms with Crippen LogP contribution in [0.1, 0.15) is 78.6 Å². The molecule has 6 heteroatoms. The molecule has 156 valence electrons. The van der Waals surface area contributed by atoms with E-state index in [2.05, 4.69) is 13.8 Å². The lowest BCUT2D eigenvalue weighted by atomic mass is 9.44. The first kappa shape index (κ1) is 20.1. The Kier molecular flexibility index (Phi) is 4.98. The summed E-state index contributed by atoms with van der Waals surface area (Å²) < 4.78 is 36.2. The molecule has 4 saturated carbocycles. The summed E-state index contributed by atoms with van der Waals surface area (Å²) >= 11 is 0. The molecule has 0 saturated heterocycles. The quantitative estimate of drug-likeness (QED) is 0.693. The van der Waals surface area contributed by atoms with Gasteiger partial charge in [-0.1, -0.05) is 13.8 Å². The van der Waals surface area contributed by atoms with Crippen molar-refractivity contribution >= 4 is 10.4 Å². The Balaban J connectivity index is 1.52. The summed E-state index contributed by atoms with van der Waals surface area (Å²) in [4.78, 5) is 0. The van der Waals surface area contributed by atoms with Gasteiger partial charge in [0.05, 0.1) is 12.2 Å². The Morgan fingerprint density at radius 2 is 1.63 bits per heavy atom. The Morgan fingerprint density at radius 3 is 2.30 bits per heavy atom. The van der Waals surface area contributed by atoms with Gasteiger partial charge < -0.3 is 5.11 Å². The summed E-state index contributed by atoms with van der Waals surface area (Å²) in [5.41, 5.74) is 0.538. The molecule has 2 N–H and O–H groups in total. The fourth-order valence-electron chi connectivity index (χ4n) is 8.31. The van der Waals surface area contributed by atoms with Crippen molar-refractivity contribution in [2.45, 2.75) is 90.8 Å². The van der Waals surface area contributed by atoms with Gasteiger partial charge in [-0.05, 0) is 105 Å². The third-order valence-electron chi connectivity index (χ3n) is 9.53. The van der Waals surface area contributed by atoms with E-state index in [1.165, 1.54) is 25.7 Å². The molecular weight excluding hydrogens is 364 g/mol. The average molecular weight is 401 g/mol. The molecule has 5 nitrogen and oxygen atoms in total. The molecular formula is C21H36O5S. The number of aliphatic hydroxyl groups excluding tert-OH is 1. The fraction of sp³-hybridized carbons (Fsp3) is 1.00. The Labute approximate surface area is 164 Å². The van der Waals surface area contributed by atoms with Crippen molar-refractivity contribution in [1.29, 1.82) is 0 Å². The van der Waals surface area contributed by atoms with Gasteiger partial charge in [-0.15, -0.1) is 0 Å². The van der Waals surface area contributed by atoms with E-state index in [4.69, 9.17) is 8.74 Å². The highest BCUT2D eigenvalue weighted by atomic mass is 32.3. The minimum absolute atomic E-state index is 0.212. The molecule has 0 aromatic carbocycles. The van der Waals surface area contributed by atoms with Gasteiger partial charge in [-0.3, -0.25) is 4.55 Å². The van der Waals surface area contributed by atoms with Gasteiger partial charge in [0.15, 0.2) is 0 Å². The summed E-state index contributed by atoms with van der Waals surface area (Å²) in [6, 6.07) is 0. The van der Waals surface area contributed by atoms with Gasteiger partial charge in [0, 0.05) is 0 Å². The van der Waals surface area contributed by atoms with Gasteiger partial charge in [-0.2, -0.15) is 8.42 Å². The molecule has 4 aliphatic rings. The Bertz CT molecular complexity index is 676. The summed E-state index contributed by atoms with van der Waals surface area (Å²) in [7, 11) is -4.36. The normalized spacial score (nSPS) is 51.1. The molecule has 0 radical (unpaired) electrons. The molecule has 0 aromatic rings. The van der Waals surface area contributed by atoms with Crippen molar-refractivity contribution in [3.63, 3.8) is 0 Å². The van der Waals surface area contributed by atoms with Crippen LogP contribution in [0.2, 0.25) is 0 Å². The number of rotatable bonds is 3. The summed E-state index contributed by atoms with van der Waals surface area (Å²) in [5.74, 6) is 3.09. The third kappa shape index (κ3) is 3.28.